The van der Waals surface area contributed by atoms with Crippen molar-refractivity contribution in [2.75, 3.05) is 0 Å². The number of hydrogen-bond acceptors (Lipinski definition) is 2. The number of hydrogen-bond donors (Lipinski definition) is 0. The molecule has 0 amide bonds. The molecule has 0 N–H and O–H groups in total. The Bertz CT molecular complexity index is 2730. The first-order valence-corrected chi connectivity index (χ1v) is 16.5. The number of fused-ring (bicyclic) bond motifs is 7. The van der Waals surface area contributed by atoms with E-state index in [1.54, 1.807) is 0 Å². The molecule has 49 heavy (non-hydrogen) atoms. The molecule has 0 radical (unpaired) electrons. The van der Waals surface area contributed by atoms with Gasteiger partial charge in [0.2, 0.25) is 0 Å². The van der Waals surface area contributed by atoms with E-state index in [0.717, 1.165) is 39.8 Å². The molecule has 0 fully saturated rings. The zero-order valence-electron chi connectivity index (χ0n) is 26.5. The number of aromatic nitrogens is 5. The molecule has 0 atom stereocenters. The van der Waals surface area contributed by atoms with Gasteiger partial charge in [-0.25, -0.2) is 0 Å². The highest BCUT2D eigenvalue weighted by atomic mass is 15.3. The molecule has 230 valence electrons. The molecule has 0 aliphatic heterocycles. The molecule has 5 nitrogen and oxygen atoms in total. The fraction of sp³-hybridized carbons (Fsp3) is 0. The van der Waals surface area contributed by atoms with Crippen LogP contribution in [-0.4, -0.2) is 23.9 Å². The second-order valence-electron chi connectivity index (χ2n) is 12.4. The molecule has 5 heteroatoms. The molecule has 0 aliphatic carbocycles. The molecule has 0 aliphatic rings. The van der Waals surface area contributed by atoms with Gasteiger partial charge in [0.25, 0.3) is 0 Å². The minimum absolute atomic E-state index is 0.806. The van der Waals surface area contributed by atoms with Gasteiger partial charge in [-0.2, -0.15) is 0 Å². The SMILES string of the molecule is c1ccc(-c2nnc(-c3ccccc3)n2-c2ccc(-n3c4ccccc4c4c5c(ccc6ccn(-c7ccccc7)c65)ccc43)cc2)cc1. The second kappa shape index (κ2) is 10.9. The van der Waals surface area contributed by atoms with Crippen molar-refractivity contribution < 1.29 is 0 Å². The van der Waals surface area contributed by atoms with E-state index in [4.69, 9.17) is 0 Å². The third-order valence-corrected chi connectivity index (χ3v) is 9.60. The summed E-state index contributed by atoms with van der Waals surface area (Å²) in [6.45, 7) is 0. The Labute approximate surface area is 282 Å². The Hall–Kier alpha value is -6.72. The summed E-state index contributed by atoms with van der Waals surface area (Å²) in [5, 5.41) is 15.6. The third-order valence-electron chi connectivity index (χ3n) is 9.60. The molecule has 10 aromatic rings. The first-order chi connectivity index (χ1) is 24.3. The van der Waals surface area contributed by atoms with Crippen LogP contribution in [-0.2, 0) is 0 Å². The zero-order chi connectivity index (χ0) is 32.3. The normalized spacial score (nSPS) is 11.7. The highest BCUT2D eigenvalue weighted by Gasteiger charge is 2.20. The van der Waals surface area contributed by atoms with Gasteiger partial charge >= 0.3 is 0 Å². The predicted octanol–water partition coefficient (Wildman–Crippen LogP) is 10.8. The van der Waals surface area contributed by atoms with E-state index in [1.165, 1.54) is 43.5 Å². The fourth-order valence-corrected chi connectivity index (χ4v) is 7.41. The van der Waals surface area contributed by atoms with E-state index < -0.39 is 0 Å². The molecule has 0 bridgehead atoms. The monoisotopic (exact) mass is 627 g/mol. The van der Waals surface area contributed by atoms with E-state index >= 15 is 0 Å². The van der Waals surface area contributed by atoms with Crippen molar-refractivity contribution >= 4 is 43.5 Å². The van der Waals surface area contributed by atoms with Gasteiger partial charge in [-0.15, -0.1) is 10.2 Å². The molecule has 0 spiro atoms. The van der Waals surface area contributed by atoms with E-state index in [1.807, 2.05) is 36.4 Å². The van der Waals surface area contributed by atoms with Crippen LogP contribution in [0.2, 0.25) is 0 Å². The molecule has 0 unspecified atom stereocenters. The van der Waals surface area contributed by atoms with E-state index in [9.17, 15) is 0 Å². The Kier molecular flexibility index (Phi) is 6.11. The Morgan fingerprint density at radius 1 is 0.367 bits per heavy atom. The Morgan fingerprint density at radius 3 is 1.59 bits per heavy atom. The Morgan fingerprint density at radius 2 is 0.918 bits per heavy atom. The topological polar surface area (TPSA) is 40.6 Å². The van der Waals surface area contributed by atoms with Gasteiger partial charge in [-0.3, -0.25) is 4.57 Å². The van der Waals surface area contributed by atoms with Crippen molar-refractivity contribution in [3.8, 4) is 39.8 Å². The van der Waals surface area contributed by atoms with Gasteiger partial charge in [-0.05, 0) is 60.0 Å². The maximum Gasteiger partial charge on any atom is 0.168 e. The first-order valence-electron chi connectivity index (χ1n) is 16.5. The van der Waals surface area contributed by atoms with Gasteiger partial charge in [-0.1, -0.05) is 115 Å². The van der Waals surface area contributed by atoms with Crippen molar-refractivity contribution in [3.63, 3.8) is 0 Å². The lowest BCUT2D eigenvalue weighted by Crippen LogP contribution is -2.01. The predicted molar refractivity (Wildman–Crippen MR) is 201 cm³/mol. The van der Waals surface area contributed by atoms with Crippen molar-refractivity contribution in [1.82, 2.24) is 23.9 Å². The number of para-hydroxylation sites is 2. The molecule has 0 saturated heterocycles. The quantitative estimate of drug-likeness (QED) is 0.190. The van der Waals surface area contributed by atoms with Crippen LogP contribution in [0, 0.1) is 0 Å². The van der Waals surface area contributed by atoms with E-state index in [0.29, 0.717) is 0 Å². The zero-order valence-corrected chi connectivity index (χ0v) is 26.5. The standard InChI is InChI=1S/C44H29N5/c1-4-12-32(13-5-1)43-45-46-44(33-14-6-2-7-15-33)49(43)36-25-23-35(24-26-36)48-38-19-11-10-18-37(38)41-39(48)27-22-30-20-21-31-28-29-47(42(31)40(30)41)34-16-8-3-9-17-34/h1-29H. The van der Waals surface area contributed by atoms with E-state index in [2.05, 4.69) is 164 Å². The smallest absolute Gasteiger partial charge is 0.168 e. The summed E-state index contributed by atoms with van der Waals surface area (Å²) in [6, 6.07) is 59.9. The molecule has 7 aromatic carbocycles. The lowest BCUT2D eigenvalue weighted by molar-refractivity contribution is 1.07. The van der Waals surface area contributed by atoms with Gasteiger partial charge in [0, 0.05) is 55.9 Å². The highest BCUT2D eigenvalue weighted by molar-refractivity contribution is 6.27. The summed E-state index contributed by atoms with van der Waals surface area (Å²) in [4.78, 5) is 0. The van der Waals surface area contributed by atoms with Crippen LogP contribution in [0.1, 0.15) is 0 Å². The first kappa shape index (κ1) is 27.4. The minimum Gasteiger partial charge on any atom is -0.316 e. The van der Waals surface area contributed by atoms with Crippen LogP contribution >= 0.6 is 0 Å². The van der Waals surface area contributed by atoms with E-state index in [-0.39, 0.29) is 0 Å². The molecule has 10 rings (SSSR count). The summed E-state index contributed by atoms with van der Waals surface area (Å²) in [6.07, 6.45) is 2.19. The van der Waals surface area contributed by atoms with Gasteiger partial charge in [0.05, 0.1) is 16.6 Å². The lowest BCUT2D eigenvalue weighted by atomic mass is 10.0. The van der Waals surface area contributed by atoms with Crippen molar-refractivity contribution in [1.29, 1.82) is 0 Å². The minimum atomic E-state index is 0.806. The summed E-state index contributed by atoms with van der Waals surface area (Å²) < 4.78 is 6.87. The number of benzene rings is 7. The van der Waals surface area contributed by atoms with Crippen LogP contribution in [0.25, 0.3) is 83.3 Å². The Balaban J connectivity index is 1.20. The summed E-state index contributed by atoms with van der Waals surface area (Å²) in [7, 11) is 0. The van der Waals surface area contributed by atoms with Crippen molar-refractivity contribution in [2.45, 2.75) is 0 Å². The largest absolute Gasteiger partial charge is 0.316 e. The summed E-state index contributed by atoms with van der Waals surface area (Å²) in [5.74, 6) is 1.61. The van der Waals surface area contributed by atoms with Crippen LogP contribution < -0.4 is 0 Å². The van der Waals surface area contributed by atoms with Crippen LogP contribution in [0.5, 0.6) is 0 Å². The third kappa shape index (κ3) is 4.26. The molecule has 3 heterocycles. The average Bonchev–Trinajstić information content (AvgIpc) is 3.90. The van der Waals surface area contributed by atoms with Gasteiger partial charge in [0.1, 0.15) is 0 Å². The van der Waals surface area contributed by atoms with Crippen molar-refractivity contribution in [3.05, 3.63) is 176 Å². The van der Waals surface area contributed by atoms with Gasteiger partial charge < -0.3 is 9.13 Å². The summed E-state index contributed by atoms with van der Waals surface area (Å²) in [5.41, 5.74) is 8.85. The van der Waals surface area contributed by atoms with Crippen molar-refractivity contribution in [2.24, 2.45) is 0 Å². The van der Waals surface area contributed by atoms with Crippen LogP contribution in [0.3, 0.4) is 0 Å². The number of nitrogens with zero attached hydrogens (tertiary/aromatic N) is 5. The van der Waals surface area contributed by atoms with Crippen LogP contribution in [0.4, 0.5) is 0 Å². The molecular formula is C44H29N5. The average molecular weight is 628 g/mol. The molecule has 0 saturated carbocycles. The summed E-state index contributed by atoms with van der Waals surface area (Å²) >= 11 is 0. The highest BCUT2D eigenvalue weighted by Crippen LogP contribution is 2.41. The molecule has 3 aromatic heterocycles. The second-order valence-corrected chi connectivity index (χ2v) is 12.4. The lowest BCUT2D eigenvalue weighted by Gasteiger charge is -2.13. The van der Waals surface area contributed by atoms with Crippen LogP contribution in [0.15, 0.2) is 176 Å². The maximum absolute atomic E-state index is 4.68. The van der Waals surface area contributed by atoms with Gasteiger partial charge in [0.15, 0.2) is 11.6 Å². The number of rotatable bonds is 5. The fourth-order valence-electron chi connectivity index (χ4n) is 7.41. The molecular weight excluding hydrogens is 599 g/mol. The maximum atomic E-state index is 4.68.